The number of rotatable bonds is 0. The van der Waals surface area contributed by atoms with E-state index in [1.54, 1.807) is 0 Å². The van der Waals surface area contributed by atoms with Crippen LogP contribution >= 0.6 is 23.1 Å². The summed E-state index contributed by atoms with van der Waals surface area (Å²) in [5, 5.41) is 8.26. The first-order valence-corrected chi connectivity index (χ1v) is 5.67. The highest BCUT2D eigenvalue weighted by atomic mass is 32.1. The maximum Gasteiger partial charge on any atom is 0.110 e. The van der Waals surface area contributed by atoms with Crippen LogP contribution in [0, 0.1) is 13.8 Å². The molecule has 1 aromatic carbocycles. The van der Waals surface area contributed by atoms with Crippen molar-refractivity contribution < 1.29 is 0 Å². The minimum atomic E-state index is 0.992. The van der Waals surface area contributed by atoms with Gasteiger partial charge in [0.2, 0.25) is 0 Å². The van der Waals surface area contributed by atoms with Gasteiger partial charge in [0.25, 0.3) is 0 Å². The van der Waals surface area contributed by atoms with Crippen LogP contribution in [-0.2, 0) is 0 Å². The third kappa shape index (κ3) is 0.869. The monoisotopic (exact) mass is 222 g/mol. The maximum atomic E-state index is 4.13. The fourth-order valence-corrected chi connectivity index (χ4v) is 3.02. The molecule has 0 aliphatic heterocycles. The fourth-order valence-electron chi connectivity index (χ4n) is 1.58. The molecule has 2 heterocycles. The lowest BCUT2D eigenvalue weighted by molar-refractivity contribution is 1.18. The van der Waals surface area contributed by atoms with E-state index < -0.39 is 0 Å². The lowest BCUT2D eigenvalue weighted by Gasteiger charge is -1.98. The van der Waals surface area contributed by atoms with Crippen molar-refractivity contribution in [2.75, 3.05) is 0 Å². The third-order valence-corrected chi connectivity index (χ3v) is 4.06. The van der Waals surface area contributed by atoms with Gasteiger partial charge in [0.15, 0.2) is 0 Å². The average Bonchev–Trinajstić information content (AvgIpc) is 2.82. The van der Waals surface area contributed by atoms with Gasteiger partial charge in [0.1, 0.15) is 11.0 Å². The van der Waals surface area contributed by atoms with Gasteiger partial charge in [0, 0.05) is 0 Å². The summed E-state index contributed by atoms with van der Waals surface area (Å²) in [6.07, 6.45) is 0. The number of hydrogen-bond donors (Lipinski definition) is 0. The van der Waals surface area contributed by atoms with Gasteiger partial charge in [-0.05, 0) is 48.0 Å². The normalized spacial score (nSPS) is 11.6. The average molecular weight is 222 g/mol. The van der Waals surface area contributed by atoms with Crippen LogP contribution < -0.4 is 0 Å². The van der Waals surface area contributed by atoms with Gasteiger partial charge < -0.3 is 0 Å². The number of fused-ring (bicyclic) bond motifs is 2. The molecule has 0 bridgehead atoms. The van der Waals surface area contributed by atoms with Crippen molar-refractivity contribution in [3.63, 3.8) is 0 Å². The van der Waals surface area contributed by atoms with Gasteiger partial charge in [0.05, 0.1) is 9.40 Å². The zero-order valence-corrected chi connectivity index (χ0v) is 9.24. The molecule has 0 unspecified atom stereocenters. The second kappa shape index (κ2) is 2.68. The second-order valence-corrected chi connectivity index (χ2v) is 4.66. The van der Waals surface area contributed by atoms with Crippen molar-refractivity contribution in [1.82, 2.24) is 19.2 Å². The van der Waals surface area contributed by atoms with E-state index in [-0.39, 0.29) is 0 Å². The van der Waals surface area contributed by atoms with E-state index in [4.69, 9.17) is 0 Å². The first-order chi connectivity index (χ1) is 6.79. The van der Waals surface area contributed by atoms with E-state index in [9.17, 15) is 0 Å². The van der Waals surface area contributed by atoms with Crippen molar-refractivity contribution in [3.8, 4) is 0 Å². The quantitative estimate of drug-likeness (QED) is 0.585. The fraction of sp³-hybridized carbons (Fsp3) is 0.250. The molecule has 3 rings (SSSR count). The molecule has 2 aromatic heterocycles. The molecule has 70 valence electrons. The standard InChI is InChI=1S/C8H6N4S2/c1-3-5-8(14-11-9-5)4(2)6-7(3)13-12-10-6/h1-2H3. The molecular weight excluding hydrogens is 216 g/mol. The predicted octanol–water partition coefficient (Wildman–Crippen LogP) is 2.31. The summed E-state index contributed by atoms with van der Waals surface area (Å²) in [6.45, 7) is 4.09. The Bertz CT molecular complexity index is 522. The van der Waals surface area contributed by atoms with Crippen LogP contribution in [0.3, 0.4) is 0 Å². The number of aromatic nitrogens is 4. The smallest absolute Gasteiger partial charge is 0.110 e. The molecule has 14 heavy (non-hydrogen) atoms. The van der Waals surface area contributed by atoms with E-state index in [0.717, 1.165) is 31.6 Å². The van der Waals surface area contributed by atoms with E-state index in [0.29, 0.717) is 0 Å². The highest BCUT2D eigenvalue weighted by Gasteiger charge is 2.14. The Hall–Kier alpha value is -1.14. The van der Waals surface area contributed by atoms with Crippen molar-refractivity contribution in [3.05, 3.63) is 11.1 Å². The topological polar surface area (TPSA) is 51.6 Å². The van der Waals surface area contributed by atoms with E-state index in [2.05, 4.69) is 19.2 Å². The molecule has 0 N–H and O–H groups in total. The number of hydrogen-bond acceptors (Lipinski definition) is 6. The third-order valence-electron chi connectivity index (χ3n) is 2.37. The molecular formula is C8H6N4S2. The predicted molar refractivity (Wildman–Crippen MR) is 57.9 cm³/mol. The minimum absolute atomic E-state index is 0.992. The largest absolute Gasteiger partial charge is 0.138 e. The minimum Gasteiger partial charge on any atom is -0.138 e. The van der Waals surface area contributed by atoms with E-state index in [1.165, 1.54) is 23.1 Å². The van der Waals surface area contributed by atoms with Crippen molar-refractivity contribution in [2.45, 2.75) is 13.8 Å². The molecule has 0 radical (unpaired) electrons. The lowest BCUT2D eigenvalue weighted by Crippen LogP contribution is -1.83. The SMILES string of the molecule is Cc1c2nnsc2c(C)c2nnsc12. The molecule has 0 aliphatic carbocycles. The van der Waals surface area contributed by atoms with Crippen LogP contribution in [0.25, 0.3) is 20.4 Å². The molecule has 0 saturated heterocycles. The maximum absolute atomic E-state index is 4.13. The molecule has 4 nitrogen and oxygen atoms in total. The molecule has 0 fully saturated rings. The molecule has 3 aromatic rings. The van der Waals surface area contributed by atoms with Crippen LogP contribution in [0.1, 0.15) is 11.1 Å². The summed E-state index contributed by atoms with van der Waals surface area (Å²) in [5.41, 5.74) is 4.27. The van der Waals surface area contributed by atoms with Gasteiger partial charge in [-0.1, -0.05) is 8.98 Å². The number of nitrogens with zero attached hydrogens (tertiary/aromatic N) is 4. The van der Waals surface area contributed by atoms with Gasteiger partial charge in [-0.25, -0.2) is 0 Å². The highest BCUT2D eigenvalue weighted by Crippen LogP contribution is 2.32. The zero-order valence-electron chi connectivity index (χ0n) is 7.61. The first kappa shape index (κ1) is 8.19. The number of aryl methyl sites for hydroxylation is 2. The van der Waals surface area contributed by atoms with Gasteiger partial charge >= 0.3 is 0 Å². The molecule has 0 amide bonds. The molecule has 0 aliphatic rings. The van der Waals surface area contributed by atoms with Gasteiger partial charge in [-0.2, -0.15) is 0 Å². The van der Waals surface area contributed by atoms with Crippen LogP contribution in [0.15, 0.2) is 0 Å². The molecule has 0 saturated carbocycles. The zero-order chi connectivity index (χ0) is 9.71. The lowest BCUT2D eigenvalue weighted by atomic mass is 10.1. The van der Waals surface area contributed by atoms with Crippen LogP contribution in [0.4, 0.5) is 0 Å². The van der Waals surface area contributed by atoms with Crippen molar-refractivity contribution in [1.29, 1.82) is 0 Å². The highest BCUT2D eigenvalue weighted by molar-refractivity contribution is 7.15. The van der Waals surface area contributed by atoms with Crippen LogP contribution in [-0.4, -0.2) is 19.2 Å². The Labute approximate surface area is 87.9 Å². The summed E-state index contributed by atoms with van der Waals surface area (Å²) >= 11 is 2.84. The number of benzene rings is 1. The summed E-state index contributed by atoms with van der Waals surface area (Å²) in [7, 11) is 0. The molecule has 0 spiro atoms. The Kier molecular flexibility index (Phi) is 1.57. The summed E-state index contributed by atoms with van der Waals surface area (Å²) in [5.74, 6) is 0. The van der Waals surface area contributed by atoms with Gasteiger partial charge in [-0.3, -0.25) is 0 Å². The first-order valence-electron chi connectivity index (χ1n) is 4.12. The Morgan fingerprint density at radius 1 is 0.786 bits per heavy atom. The summed E-state index contributed by atoms with van der Waals surface area (Å²) < 4.78 is 10.2. The Morgan fingerprint density at radius 3 is 1.64 bits per heavy atom. The Balaban J connectivity index is 2.72. The van der Waals surface area contributed by atoms with E-state index >= 15 is 0 Å². The van der Waals surface area contributed by atoms with Crippen LogP contribution in [0.5, 0.6) is 0 Å². The summed E-state index contributed by atoms with van der Waals surface area (Å²) in [4.78, 5) is 0. The Morgan fingerprint density at radius 2 is 1.21 bits per heavy atom. The van der Waals surface area contributed by atoms with Crippen molar-refractivity contribution >= 4 is 43.5 Å². The van der Waals surface area contributed by atoms with Crippen LogP contribution in [0.2, 0.25) is 0 Å². The van der Waals surface area contributed by atoms with Gasteiger partial charge in [-0.15, -0.1) is 10.2 Å². The van der Waals surface area contributed by atoms with E-state index in [1.807, 2.05) is 13.8 Å². The summed E-state index contributed by atoms with van der Waals surface area (Å²) in [6, 6.07) is 0. The second-order valence-electron chi connectivity index (χ2n) is 3.15. The molecule has 6 heteroatoms. The van der Waals surface area contributed by atoms with Crippen molar-refractivity contribution in [2.24, 2.45) is 0 Å². The molecule has 0 atom stereocenters.